The van der Waals surface area contributed by atoms with Crippen molar-refractivity contribution in [2.24, 2.45) is 0 Å². The van der Waals surface area contributed by atoms with E-state index in [0.717, 1.165) is 41.2 Å². The predicted octanol–water partition coefficient (Wildman–Crippen LogP) is 4.26. The number of carbonyl (C=O) groups is 1. The number of hydrogen-bond acceptors (Lipinski definition) is 5. The van der Waals surface area contributed by atoms with Gasteiger partial charge in [-0.05, 0) is 53.0 Å². The Morgan fingerprint density at radius 2 is 2.03 bits per heavy atom. The summed E-state index contributed by atoms with van der Waals surface area (Å²) >= 11 is 0. The molecule has 0 spiro atoms. The van der Waals surface area contributed by atoms with Gasteiger partial charge in [-0.15, -0.1) is 0 Å². The molecule has 3 unspecified atom stereocenters. The lowest BCUT2D eigenvalue weighted by Gasteiger charge is -2.22. The van der Waals surface area contributed by atoms with Crippen molar-refractivity contribution < 1.29 is 14.6 Å². The van der Waals surface area contributed by atoms with E-state index in [1.54, 1.807) is 13.1 Å². The van der Waals surface area contributed by atoms with Gasteiger partial charge in [0.15, 0.2) is 0 Å². The van der Waals surface area contributed by atoms with Crippen molar-refractivity contribution in [1.82, 2.24) is 19.9 Å². The molecule has 3 atom stereocenters. The quantitative estimate of drug-likeness (QED) is 0.691. The van der Waals surface area contributed by atoms with Gasteiger partial charge in [0, 0.05) is 17.5 Å². The van der Waals surface area contributed by atoms with Gasteiger partial charge in [0.05, 0.1) is 17.2 Å². The summed E-state index contributed by atoms with van der Waals surface area (Å²) in [5.41, 5.74) is 2.16. The summed E-state index contributed by atoms with van der Waals surface area (Å²) in [6.45, 7) is 7.31. The Labute approximate surface area is 170 Å². The van der Waals surface area contributed by atoms with E-state index in [1.807, 2.05) is 45.0 Å². The first kappa shape index (κ1) is 19.6. The second-order valence-corrected chi connectivity index (χ2v) is 8.84. The topological polar surface area (TPSA) is 89.3 Å². The molecule has 1 aliphatic rings. The third-order valence-electron chi connectivity index (χ3n) is 5.32. The Morgan fingerprint density at radius 3 is 2.76 bits per heavy atom. The molecular weight excluding hydrogens is 368 g/mol. The molecule has 7 nitrogen and oxygen atoms in total. The average Bonchev–Trinajstić information content (AvgIpc) is 3.24. The van der Waals surface area contributed by atoms with E-state index in [0.29, 0.717) is 5.82 Å². The van der Waals surface area contributed by atoms with E-state index in [1.165, 1.54) is 0 Å². The number of rotatable bonds is 3. The van der Waals surface area contributed by atoms with Gasteiger partial charge in [0.25, 0.3) is 0 Å². The first-order valence-corrected chi connectivity index (χ1v) is 10.2. The molecule has 7 heteroatoms. The van der Waals surface area contributed by atoms with Crippen LogP contribution in [-0.4, -0.2) is 37.4 Å². The van der Waals surface area contributed by atoms with Crippen molar-refractivity contribution >= 4 is 28.0 Å². The van der Waals surface area contributed by atoms with Crippen LogP contribution in [0.2, 0.25) is 0 Å². The molecule has 2 N–H and O–H groups in total. The lowest BCUT2D eigenvalue weighted by molar-refractivity contribution is 0.0504. The third-order valence-corrected chi connectivity index (χ3v) is 5.32. The molecule has 0 aliphatic heterocycles. The van der Waals surface area contributed by atoms with Crippen LogP contribution in [0.1, 0.15) is 64.9 Å². The van der Waals surface area contributed by atoms with Crippen molar-refractivity contribution in [2.45, 2.75) is 70.7 Å². The summed E-state index contributed by atoms with van der Waals surface area (Å²) in [7, 11) is 0. The van der Waals surface area contributed by atoms with Gasteiger partial charge < -0.3 is 19.7 Å². The number of imidazole rings is 1. The Morgan fingerprint density at radius 1 is 1.28 bits per heavy atom. The second kappa shape index (κ2) is 7.30. The summed E-state index contributed by atoms with van der Waals surface area (Å²) in [6.07, 6.45) is 3.20. The summed E-state index contributed by atoms with van der Waals surface area (Å²) in [4.78, 5) is 21.4. The molecular formula is C22H28N4O3. The fourth-order valence-electron chi connectivity index (χ4n) is 4.20. The fourth-order valence-corrected chi connectivity index (χ4v) is 4.20. The monoisotopic (exact) mass is 396 g/mol. The highest BCUT2D eigenvalue weighted by molar-refractivity contribution is 6.02. The fraction of sp³-hybridized carbons (Fsp3) is 0.500. The van der Waals surface area contributed by atoms with E-state index in [4.69, 9.17) is 4.74 Å². The lowest BCUT2D eigenvalue weighted by atomic mass is 10.1. The van der Waals surface area contributed by atoms with Crippen LogP contribution in [0.4, 0.5) is 4.79 Å². The van der Waals surface area contributed by atoms with Crippen molar-refractivity contribution in [3.05, 3.63) is 36.3 Å². The normalized spacial score (nSPS) is 20.9. The third kappa shape index (κ3) is 3.92. The van der Waals surface area contributed by atoms with E-state index >= 15 is 0 Å². The highest BCUT2D eigenvalue weighted by Crippen LogP contribution is 2.37. The zero-order valence-electron chi connectivity index (χ0n) is 17.3. The number of nitrogens with one attached hydrogen (secondary N) is 1. The zero-order valence-corrected chi connectivity index (χ0v) is 17.3. The van der Waals surface area contributed by atoms with Crippen LogP contribution >= 0.6 is 0 Å². The van der Waals surface area contributed by atoms with Crippen molar-refractivity contribution in [3.8, 4) is 0 Å². The first-order valence-electron chi connectivity index (χ1n) is 10.2. The maximum absolute atomic E-state index is 12.2. The van der Waals surface area contributed by atoms with Crippen molar-refractivity contribution in [2.75, 3.05) is 0 Å². The van der Waals surface area contributed by atoms with Gasteiger partial charge in [-0.25, -0.2) is 9.78 Å². The van der Waals surface area contributed by atoms with E-state index in [2.05, 4.69) is 19.9 Å². The molecule has 1 aromatic carbocycles. The number of amides is 1. The molecule has 2 heterocycles. The number of benzene rings is 1. The van der Waals surface area contributed by atoms with Gasteiger partial charge >= 0.3 is 6.09 Å². The zero-order chi connectivity index (χ0) is 20.8. The van der Waals surface area contributed by atoms with E-state index in [9.17, 15) is 9.90 Å². The molecule has 0 saturated heterocycles. The molecule has 154 valence electrons. The summed E-state index contributed by atoms with van der Waals surface area (Å²) in [6, 6.07) is 8.14. The van der Waals surface area contributed by atoms with Crippen LogP contribution in [0, 0.1) is 0 Å². The van der Waals surface area contributed by atoms with Crippen LogP contribution in [0.5, 0.6) is 0 Å². The number of pyridine rings is 1. The molecule has 0 radical (unpaired) electrons. The van der Waals surface area contributed by atoms with Crippen LogP contribution in [0.15, 0.2) is 30.5 Å². The minimum Gasteiger partial charge on any atom is -0.444 e. The number of carbonyl (C=O) groups excluding carboxylic acids is 1. The standard InChI is InChI=1S/C22H28N4O3/c1-13(27)20-25-18-12-23-17-8-6-5-7-16(17)19(18)26(20)15-10-9-14(11-15)24-21(28)29-22(2,3)4/h5-8,12-15,27H,9-11H2,1-4H3,(H,24,28). The number of para-hydroxylation sites is 1. The largest absolute Gasteiger partial charge is 0.444 e. The minimum atomic E-state index is -0.695. The number of aromatic nitrogens is 3. The summed E-state index contributed by atoms with van der Waals surface area (Å²) in [5, 5.41) is 14.4. The molecule has 4 rings (SSSR count). The van der Waals surface area contributed by atoms with Crippen molar-refractivity contribution in [3.63, 3.8) is 0 Å². The molecule has 3 aromatic rings. The highest BCUT2D eigenvalue weighted by Gasteiger charge is 2.32. The van der Waals surface area contributed by atoms with Crippen LogP contribution in [0.25, 0.3) is 21.9 Å². The van der Waals surface area contributed by atoms with Crippen LogP contribution in [0.3, 0.4) is 0 Å². The molecule has 1 fully saturated rings. The smallest absolute Gasteiger partial charge is 0.407 e. The van der Waals surface area contributed by atoms with Crippen molar-refractivity contribution in [1.29, 1.82) is 0 Å². The summed E-state index contributed by atoms with van der Waals surface area (Å²) < 4.78 is 7.55. The number of aliphatic hydroxyl groups is 1. The molecule has 1 aliphatic carbocycles. The Kier molecular flexibility index (Phi) is 4.94. The van der Waals surface area contributed by atoms with E-state index in [-0.39, 0.29) is 18.2 Å². The van der Waals surface area contributed by atoms with Gasteiger partial charge in [0.2, 0.25) is 0 Å². The molecule has 1 saturated carbocycles. The molecule has 29 heavy (non-hydrogen) atoms. The number of fused-ring (bicyclic) bond motifs is 3. The Bertz CT molecular complexity index is 1050. The van der Waals surface area contributed by atoms with Crippen LogP contribution in [-0.2, 0) is 4.74 Å². The average molecular weight is 396 g/mol. The second-order valence-electron chi connectivity index (χ2n) is 8.84. The predicted molar refractivity (Wildman–Crippen MR) is 112 cm³/mol. The first-order chi connectivity index (χ1) is 13.7. The molecule has 0 bridgehead atoms. The van der Waals surface area contributed by atoms with Gasteiger partial charge in [-0.2, -0.15) is 0 Å². The van der Waals surface area contributed by atoms with Gasteiger partial charge in [-0.3, -0.25) is 4.98 Å². The number of hydrogen-bond donors (Lipinski definition) is 2. The van der Waals surface area contributed by atoms with E-state index < -0.39 is 11.7 Å². The molecule has 1 amide bonds. The maximum atomic E-state index is 12.2. The molecule has 2 aromatic heterocycles. The minimum absolute atomic E-state index is 0.0299. The number of alkyl carbamates (subject to hydrolysis) is 1. The number of nitrogens with zero attached hydrogens (tertiary/aromatic N) is 3. The Balaban J connectivity index is 1.68. The Hall–Kier alpha value is -2.67. The maximum Gasteiger partial charge on any atom is 0.407 e. The lowest BCUT2D eigenvalue weighted by Crippen LogP contribution is -2.38. The van der Waals surface area contributed by atoms with Gasteiger partial charge in [-0.1, -0.05) is 18.2 Å². The number of ether oxygens (including phenoxy) is 1. The highest BCUT2D eigenvalue weighted by atomic mass is 16.6. The number of aliphatic hydroxyl groups excluding tert-OH is 1. The SMILES string of the molecule is CC(O)c1nc2cnc3ccccc3c2n1C1CCC(NC(=O)OC(C)(C)C)C1. The summed E-state index contributed by atoms with van der Waals surface area (Å²) in [5.74, 6) is 0.640. The van der Waals surface area contributed by atoms with Gasteiger partial charge in [0.1, 0.15) is 23.0 Å². The van der Waals surface area contributed by atoms with Crippen LogP contribution < -0.4 is 5.32 Å².